The Kier molecular flexibility index (Phi) is 3.98. The number of nitrogen functional groups attached to an aromatic ring is 1. The molecule has 0 aliphatic rings. The van der Waals surface area contributed by atoms with E-state index in [0.29, 0.717) is 27.1 Å². The lowest BCUT2D eigenvalue weighted by Gasteiger charge is -2.12. The highest BCUT2D eigenvalue weighted by atomic mass is 35.5. The van der Waals surface area contributed by atoms with E-state index in [9.17, 15) is 0 Å². The standard InChI is InChI=1S/C14H12Cl2N2O/c1-8-2-4-10(14(17)18)13(6-8)19-12-5-3-9(15)7-11(12)16/h2-7H,1H3,(H3,17,18). The number of ether oxygens (including phenoxy) is 1. The van der Waals surface area contributed by atoms with Gasteiger partial charge in [-0.3, -0.25) is 5.41 Å². The first-order chi connectivity index (χ1) is 8.97. The van der Waals surface area contributed by atoms with Gasteiger partial charge >= 0.3 is 0 Å². The normalized spacial score (nSPS) is 10.3. The maximum absolute atomic E-state index is 7.54. The van der Waals surface area contributed by atoms with Gasteiger partial charge in [-0.1, -0.05) is 29.3 Å². The van der Waals surface area contributed by atoms with Crippen molar-refractivity contribution in [2.75, 3.05) is 0 Å². The number of nitrogens with one attached hydrogen (secondary N) is 1. The van der Waals surface area contributed by atoms with Crippen LogP contribution in [0.25, 0.3) is 0 Å². The lowest BCUT2D eigenvalue weighted by Crippen LogP contribution is -2.12. The van der Waals surface area contributed by atoms with Crippen LogP contribution in [0, 0.1) is 12.3 Å². The zero-order valence-corrected chi connectivity index (χ0v) is 11.7. The molecule has 19 heavy (non-hydrogen) atoms. The molecule has 0 unspecified atom stereocenters. The fourth-order valence-corrected chi connectivity index (χ4v) is 2.06. The van der Waals surface area contributed by atoms with E-state index in [1.165, 1.54) is 0 Å². The smallest absolute Gasteiger partial charge is 0.146 e. The maximum Gasteiger partial charge on any atom is 0.146 e. The van der Waals surface area contributed by atoms with Gasteiger partial charge in [-0.2, -0.15) is 0 Å². The third-order valence-electron chi connectivity index (χ3n) is 2.54. The minimum Gasteiger partial charge on any atom is -0.455 e. The molecule has 0 aliphatic heterocycles. The molecule has 0 spiro atoms. The van der Waals surface area contributed by atoms with Crippen molar-refractivity contribution < 1.29 is 4.74 Å². The first kappa shape index (κ1) is 13.7. The van der Waals surface area contributed by atoms with Crippen molar-refractivity contribution in [3.8, 4) is 11.5 Å². The first-order valence-electron chi connectivity index (χ1n) is 5.55. The van der Waals surface area contributed by atoms with Gasteiger partial charge in [0, 0.05) is 5.02 Å². The number of rotatable bonds is 3. The van der Waals surface area contributed by atoms with Gasteiger partial charge < -0.3 is 10.5 Å². The number of aryl methyl sites for hydroxylation is 1. The Balaban J connectivity index is 2.42. The van der Waals surface area contributed by atoms with Gasteiger partial charge in [0.25, 0.3) is 0 Å². The summed E-state index contributed by atoms with van der Waals surface area (Å²) in [5.41, 5.74) is 7.06. The van der Waals surface area contributed by atoms with E-state index in [2.05, 4.69) is 0 Å². The number of halogens is 2. The van der Waals surface area contributed by atoms with Crippen molar-refractivity contribution in [2.45, 2.75) is 6.92 Å². The van der Waals surface area contributed by atoms with E-state index >= 15 is 0 Å². The second-order valence-electron chi connectivity index (χ2n) is 4.09. The summed E-state index contributed by atoms with van der Waals surface area (Å²) >= 11 is 11.9. The Morgan fingerprint density at radius 3 is 2.47 bits per heavy atom. The van der Waals surface area contributed by atoms with Crippen molar-refractivity contribution in [3.63, 3.8) is 0 Å². The number of hydrogen-bond donors (Lipinski definition) is 2. The monoisotopic (exact) mass is 294 g/mol. The average Bonchev–Trinajstić information content (AvgIpc) is 2.32. The van der Waals surface area contributed by atoms with E-state index in [-0.39, 0.29) is 5.84 Å². The van der Waals surface area contributed by atoms with Gasteiger partial charge in [-0.25, -0.2) is 0 Å². The molecule has 2 aromatic rings. The fourth-order valence-electron chi connectivity index (χ4n) is 1.61. The van der Waals surface area contributed by atoms with Crippen LogP contribution in [-0.4, -0.2) is 5.84 Å². The molecule has 0 aromatic heterocycles. The van der Waals surface area contributed by atoms with Gasteiger partial charge in [0.05, 0.1) is 10.6 Å². The molecule has 2 rings (SSSR count). The Hall–Kier alpha value is -1.71. The molecule has 0 fully saturated rings. The summed E-state index contributed by atoms with van der Waals surface area (Å²) in [4.78, 5) is 0. The SMILES string of the molecule is Cc1ccc(C(=N)N)c(Oc2ccc(Cl)cc2Cl)c1. The van der Waals surface area contributed by atoms with Gasteiger partial charge in [0.1, 0.15) is 17.3 Å². The lowest BCUT2D eigenvalue weighted by atomic mass is 10.1. The number of nitrogens with two attached hydrogens (primary N) is 1. The van der Waals surface area contributed by atoms with Gasteiger partial charge in [0.15, 0.2) is 0 Å². The van der Waals surface area contributed by atoms with Crippen LogP contribution in [0.2, 0.25) is 10.0 Å². The van der Waals surface area contributed by atoms with Crippen LogP contribution in [0.5, 0.6) is 11.5 Å². The van der Waals surface area contributed by atoms with Crippen molar-refractivity contribution in [1.82, 2.24) is 0 Å². The number of amidine groups is 1. The van der Waals surface area contributed by atoms with E-state index in [4.69, 9.17) is 39.1 Å². The Bertz CT molecular complexity index is 641. The molecule has 5 heteroatoms. The van der Waals surface area contributed by atoms with Crippen LogP contribution in [0.3, 0.4) is 0 Å². The zero-order valence-electron chi connectivity index (χ0n) is 10.2. The van der Waals surface area contributed by atoms with Crippen LogP contribution in [-0.2, 0) is 0 Å². The molecule has 0 amide bonds. The van der Waals surface area contributed by atoms with Crippen LogP contribution >= 0.6 is 23.2 Å². The van der Waals surface area contributed by atoms with Gasteiger partial charge in [-0.15, -0.1) is 0 Å². The minimum absolute atomic E-state index is 0.0555. The summed E-state index contributed by atoms with van der Waals surface area (Å²) in [6.45, 7) is 1.93. The Morgan fingerprint density at radius 2 is 1.84 bits per heavy atom. The van der Waals surface area contributed by atoms with Crippen LogP contribution in [0.4, 0.5) is 0 Å². The molecule has 98 valence electrons. The van der Waals surface area contributed by atoms with E-state index in [1.54, 1.807) is 24.3 Å². The highest BCUT2D eigenvalue weighted by Gasteiger charge is 2.10. The minimum atomic E-state index is -0.0555. The molecule has 2 aromatic carbocycles. The summed E-state index contributed by atoms with van der Waals surface area (Å²) in [6, 6.07) is 10.4. The van der Waals surface area contributed by atoms with Crippen LogP contribution < -0.4 is 10.5 Å². The molecule has 0 bridgehead atoms. The van der Waals surface area contributed by atoms with Crippen molar-refractivity contribution in [3.05, 3.63) is 57.6 Å². The highest BCUT2D eigenvalue weighted by Crippen LogP contribution is 2.33. The predicted molar refractivity (Wildman–Crippen MR) is 78.7 cm³/mol. The molecule has 3 N–H and O–H groups in total. The summed E-state index contributed by atoms with van der Waals surface area (Å²) < 4.78 is 5.73. The number of benzene rings is 2. The van der Waals surface area contributed by atoms with E-state index in [0.717, 1.165) is 5.56 Å². The zero-order chi connectivity index (χ0) is 14.0. The second-order valence-corrected chi connectivity index (χ2v) is 4.93. The molecule has 0 radical (unpaired) electrons. The Labute approximate surface area is 121 Å². The van der Waals surface area contributed by atoms with Crippen molar-refractivity contribution >= 4 is 29.0 Å². The maximum atomic E-state index is 7.54. The summed E-state index contributed by atoms with van der Waals surface area (Å²) in [6.07, 6.45) is 0. The third-order valence-corrected chi connectivity index (χ3v) is 3.07. The number of hydrogen-bond acceptors (Lipinski definition) is 2. The van der Waals surface area contributed by atoms with E-state index in [1.807, 2.05) is 19.1 Å². The molecular formula is C14H12Cl2N2O. The topological polar surface area (TPSA) is 59.1 Å². The largest absolute Gasteiger partial charge is 0.455 e. The molecule has 0 saturated carbocycles. The van der Waals surface area contributed by atoms with Crippen molar-refractivity contribution in [1.29, 1.82) is 5.41 Å². The van der Waals surface area contributed by atoms with E-state index < -0.39 is 0 Å². The average molecular weight is 295 g/mol. The third kappa shape index (κ3) is 3.19. The predicted octanol–water partition coefficient (Wildman–Crippen LogP) is 4.38. The molecule has 0 atom stereocenters. The fraction of sp³-hybridized carbons (Fsp3) is 0.0714. The Morgan fingerprint density at radius 1 is 1.11 bits per heavy atom. The first-order valence-corrected chi connectivity index (χ1v) is 6.31. The molecule has 3 nitrogen and oxygen atoms in total. The molecule has 0 heterocycles. The quantitative estimate of drug-likeness (QED) is 0.652. The second kappa shape index (κ2) is 5.51. The summed E-state index contributed by atoms with van der Waals surface area (Å²) in [5, 5.41) is 8.49. The highest BCUT2D eigenvalue weighted by molar-refractivity contribution is 6.35. The summed E-state index contributed by atoms with van der Waals surface area (Å²) in [5.74, 6) is 0.913. The molecule has 0 saturated heterocycles. The van der Waals surface area contributed by atoms with Crippen molar-refractivity contribution in [2.24, 2.45) is 5.73 Å². The van der Waals surface area contributed by atoms with Crippen LogP contribution in [0.1, 0.15) is 11.1 Å². The summed E-state index contributed by atoms with van der Waals surface area (Å²) in [7, 11) is 0. The lowest BCUT2D eigenvalue weighted by molar-refractivity contribution is 0.481. The van der Waals surface area contributed by atoms with Gasteiger partial charge in [-0.05, 0) is 42.8 Å². The molecule has 0 aliphatic carbocycles. The van der Waals surface area contributed by atoms with Gasteiger partial charge in [0.2, 0.25) is 0 Å². The molecular weight excluding hydrogens is 283 g/mol. The van der Waals surface area contributed by atoms with Crippen LogP contribution in [0.15, 0.2) is 36.4 Å².